The average Bonchev–Trinajstić information content (AvgIpc) is 3.03. The fourth-order valence-corrected chi connectivity index (χ4v) is 3.34. The lowest BCUT2D eigenvalue weighted by atomic mass is 10.1. The predicted octanol–water partition coefficient (Wildman–Crippen LogP) is 2.31. The third kappa shape index (κ3) is 2.68. The van der Waals surface area contributed by atoms with Crippen molar-refractivity contribution in [1.29, 1.82) is 0 Å². The van der Waals surface area contributed by atoms with E-state index >= 15 is 0 Å². The molecule has 0 bridgehead atoms. The van der Waals surface area contributed by atoms with Gasteiger partial charge in [-0.3, -0.25) is 4.57 Å². The second-order valence-corrected chi connectivity index (χ2v) is 7.33. The number of nitrogens with zero attached hydrogens (tertiary/aromatic N) is 3. The topological polar surface area (TPSA) is 74.1 Å². The van der Waals surface area contributed by atoms with Gasteiger partial charge in [0.15, 0.2) is 5.82 Å². The van der Waals surface area contributed by atoms with Gasteiger partial charge in [-0.15, -0.1) is 10.2 Å². The van der Waals surface area contributed by atoms with Crippen LogP contribution in [0, 0.1) is 0 Å². The molecule has 8 heteroatoms. The monoisotopic (exact) mass is 327 g/mol. The van der Waals surface area contributed by atoms with E-state index in [-0.39, 0.29) is 5.16 Å². The molecule has 0 aliphatic carbocycles. The number of hydrogen-bond donors (Lipinski definition) is 0. The minimum absolute atomic E-state index is 0.210. The van der Waals surface area contributed by atoms with Crippen LogP contribution in [0.4, 0.5) is 0 Å². The minimum atomic E-state index is -3.92. The summed E-state index contributed by atoms with van der Waals surface area (Å²) >= 11 is 0. The van der Waals surface area contributed by atoms with Gasteiger partial charge < -0.3 is 4.74 Å². The number of aromatic nitrogens is 3. The molecule has 112 valence electrons. The lowest BCUT2D eigenvalue weighted by Gasteiger charge is -2.08. The summed E-state index contributed by atoms with van der Waals surface area (Å²) in [5, 5.41) is 7.53. The van der Waals surface area contributed by atoms with Crippen molar-refractivity contribution in [3.8, 4) is 11.4 Å². The SMILES string of the molecule is CCCn1c(-c2ccc3c(c2)COC3)nnc1S(=O)(=O)Cl. The third-order valence-corrected chi connectivity index (χ3v) is 4.51. The van der Waals surface area contributed by atoms with Crippen molar-refractivity contribution in [3.63, 3.8) is 0 Å². The standard InChI is InChI=1S/C13H14ClN3O3S/c1-2-5-17-12(15-16-13(17)21(14,18)19)9-3-4-10-7-20-8-11(10)6-9/h3-4,6H,2,5,7-8H2,1H3. The maximum atomic E-state index is 11.6. The highest BCUT2D eigenvalue weighted by atomic mass is 35.7. The minimum Gasteiger partial charge on any atom is -0.372 e. The molecule has 0 saturated carbocycles. The van der Waals surface area contributed by atoms with Crippen LogP contribution in [0.25, 0.3) is 11.4 Å². The number of rotatable bonds is 4. The Hall–Kier alpha value is -1.44. The van der Waals surface area contributed by atoms with Gasteiger partial charge in [-0.25, -0.2) is 8.42 Å². The van der Waals surface area contributed by atoms with Gasteiger partial charge in [0.1, 0.15) is 0 Å². The zero-order chi connectivity index (χ0) is 15.0. The van der Waals surface area contributed by atoms with Crippen LogP contribution in [-0.2, 0) is 33.5 Å². The van der Waals surface area contributed by atoms with Crippen LogP contribution in [-0.4, -0.2) is 23.2 Å². The van der Waals surface area contributed by atoms with Crippen LogP contribution >= 0.6 is 10.7 Å². The van der Waals surface area contributed by atoms with Crippen molar-refractivity contribution < 1.29 is 13.2 Å². The quantitative estimate of drug-likeness (QED) is 0.806. The molecule has 0 N–H and O–H groups in total. The summed E-state index contributed by atoms with van der Waals surface area (Å²) in [4.78, 5) is 0. The molecule has 2 aromatic rings. The van der Waals surface area contributed by atoms with E-state index in [0.717, 1.165) is 23.1 Å². The highest BCUT2D eigenvalue weighted by molar-refractivity contribution is 8.13. The second-order valence-electron chi connectivity index (χ2n) is 4.87. The van der Waals surface area contributed by atoms with Crippen molar-refractivity contribution in [2.45, 2.75) is 38.3 Å². The molecule has 3 rings (SSSR count). The summed E-state index contributed by atoms with van der Waals surface area (Å²) in [6.45, 7) is 3.60. The Morgan fingerprint density at radius 3 is 2.76 bits per heavy atom. The molecule has 0 atom stereocenters. The van der Waals surface area contributed by atoms with Crippen molar-refractivity contribution in [2.24, 2.45) is 0 Å². The van der Waals surface area contributed by atoms with Gasteiger partial charge in [-0.2, -0.15) is 0 Å². The maximum Gasteiger partial charge on any atom is 0.296 e. The van der Waals surface area contributed by atoms with Crippen molar-refractivity contribution in [1.82, 2.24) is 14.8 Å². The summed E-state index contributed by atoms with van der Waals surface area (Å²) in [5.74, 6) is 0.505. The van der Waals surface area contributed by atoms with E-state index in [2.05, 4.69) is 10.2 Å². The highest BCUT2D eigenvalue weighted by Gasteiger charge is 2.23. The first kappa shape index (κ1) is 14.5. The van der Waals surface area contributed by atoms with Crippen molar-refractivity contribution in [2.75, 3.05) is 0 Å². The van der Waals surface area contributed by atoms with E-state index in [4.69, 9.17) is 15.4 Å². The van der Waals surface area contributed by atoms with E-state index in [0.29, 0.717) is 25.6 Å². The van der Waals surface area contributed by atoms with Gasteiger partial charge in [0.2, 0.25) is 0 Å². The Bertz CT molecular complexity index is 786. The van der Waals surface area contributed by atoms with Crippen LogP contribution in [0.2, 0.25) is 0 Å². The zero-order valence-electron chi connectivity index (χ0n) is 11.4. The molecule has 0 spiro atoms. The lowest BCUT2D eigenvalue weighted by molar-refractivity contribution is 0.134. The normalized spacial score (nSPS) is 14.4. The van der Waals surface area contributed by atoms with Crippen LogP contribution in [0.5, 0.6) is 0 Å². The van der Waals surface area contributed by atoms with E-state index < -0.39 is 9.05 Å². The highest BCUT2D eigenvalue weighted by Crippen LogP contribution is 2.28. The Labute approximate surface area is 127 Å². The number of halogens is 1. The molecule has 0 fully saturated rings. The van der Waals surface area contributed by atoms with Crippen LogP contribution in [0.3, 0.4) is 0 Å². The Morgan fingerprint density at radius 1 is 1.29 bits per heavy atom. The lowest BCUT2D eigenvalue weighted by Crippen LogP contribution is -2.07. The zero-order valence-corrected chi connectivity index (χ0v) is 13.0. The molecule has 6 nitrogen and oxygen atoms in total. The second kappa shape index (κ2) is 5.40. The summed E-state index contributed by atoms with van der Waals surface area (Å²) in [7, 11) is 1.51. The molecular formula is C13H14ClN3O3S. The molecule has 1 aromatic heterocycles. The Balaban J connectivity index is 2.12. The molecule has 1 aliphatic rings. The molecule has 0 amide bonds. The molecule has 0 radical (unpaired) electrons. The number of hydrogen-bond acceptors (Lipinski definition) is 5. The van der Waals surface area contributed by atoms with Crippen LogP contribution in [0.1, 0.15) is 24.5 Å². The van der Waals surface area contributed by atoms with Gasteiger partial charge in [0, 0.05) is 22.8 Å². The molecule has 1 aromatic carbocycles. The fourth-order valence-electron chi connectivity index (χ4n) is 2.42. The summed E-state index contributed by atoms with van der Waals surface area (Å²) in [6, 6.07) is 5.83. The van der Waals surface area contributed by atoms with Crippen molar-refractivity contribution in [3.05, 3.63) is 29.3 Å². The molecule has 21 heavy (non-hydrogen) atoms. The van der Waals surface area contributed by atoms with Crippen LogP contribution in [0.15, 0.2) is 23.4 Å². The molecule has 0 unspecified atom stereocenters. The van der Waals surface area contributed by atoms with E-state index in [1.165, 1.54) is 0 Å². The van der Waals surface area contributed by atoms with Gasteiger partial charge in [-0.1, -0.05) is 19.1 Å². The van der Waals surface area contributed by atoms with E-state index in [1.54, 1.807) is 4.57 Å². The molecule has 2 heterocycles. The van der Waals surface area contributed by atoms with Gasteiger partial charge in [-0.05, 0) is 23.6 Å². The third-order valence-electron chi connectivity index (χ3n) is 3.36. The summed E-state index contributed by atoms with van der Waals surface area (Å²) in [5.41, 5.74) is 3.05. The predicted molar refractivity (Wildman–Crippen MR) is 77.3 cm³/mol. The van der Waals surface area contributed by atoms with E-state index in [9.17, 15) is 8.42 Å². The van der Waals surface area contributed by atoms with Crippen molar-refractivity contribution >= 4 is 19.7 Å². The smallest absolute Gasteiger partial charge is 0.296 e. The van der Waals surface area contributed by atoms with Gasteiger partial charge in [0.05, 0.1) is 13.2 Å². The molecule has 0 saturated heterocycles. The first-order chi connectivity index (χ1) is 10.0. The molecule has 1 aliphatic heterocycles. The fraction of sp³-hybridized carbons (Fsp3) is 0.385. The van der Waals surface area contributed by atoms with Gasteiger partial charge >= 0.3 is 0 Å². The Kier molecular flexibility index (Phi) is 3.73. The number of fused-ring (bicyclic) bond motifs is 1. The number of ether oxygens (including phenoxy) is 1. The maximum absolute atomic E-state index is 11.6. The summed E-state index contributed by atoms with van der Waals surface area (Å²) in [6.07, 6.45) is 0.749. The largest absolute Gasteiger partial charge is 0.372 e. The first-order valence-electron chi connectivity index (χ1n) is 6.58. The van der Waals surface area contributed by atoms with Crippen LogP contribution < -0.4 is 0 Å². The van der Waals surface area contributed by atoms with Gasteiger partial charge in [0.25, 0.3) is 14.2 Å². The Morgan fingerprint density at radius 2 is 2.05 bits per heavy atom. The average molecular weight is 328 g/mol. The van der Waals surface area contributed by atoms with E-state index in [1.807, 2.05) is 25.1 Å². The number of benzene rings is 1. The molecular weight excluding hydrogens is 314 g/mol. The summed E-state index contributed by atoms with van der Waals surface area (Å²) < 4.78 is 30.1. The first-order valence-corrected chi connectivity index (χ1v) is 8.89.